The van der Waals surface area contributed by atoms with Gasteiger partial charge in [0.15, 0.2) is 0 Å². The van der Waals surface area contributed by atoms with Gasteiger partial charge in [0.05, 0.1) is 27.0 Å². The molecule has 0 aliphatic heterocycles. The van der Waals surface area contributed by atoms with E-state index < -0.39 is 0 Å². The summed E-state index contributed by atoms with van der Waals surface area (Å²) in [5.74, 6) is 1.08. The van der Waals surface area contributed by atoms with E-state index in [0.717, 1.165) is 22.5 Å². The smallest absolute Gasteiger partial charge is 0.129 e. The summed E-state index contributed by atoms with van der Waals surface area (Å²) in [6, 6.07) is 11.8. The number of imidazole rings is 1. The molecule has 2 nitrogen and oxygen atoms in total. The van der Waals surface area contributed by atoms with Crippen LogP contribution in [-0.4, -0.2) is 9.55 Å². The Kier molecular flexibility index (Phi) is 3.63. The number of rotatable bonds is 2. The molecular weight excluding hydrogens is 315 g/mol. The summed E-state index contributed by atoms with van der Waals surface area (Å²) in [7, 11) is 0. The van der Waals surface area contributed by atoms with Gasteiger partial charge in [-0.25, -0.2) is 4.98 Å². The summed E-state index contributed by atoms with van der Waals surface area (Å²) in [5, 5.41) is 1.00. The first kappa shape index (κ1) is 13.7. The second-order valence-corrected chi connectivity index (χ2v) is 5.67. The molecule has 0 spiro atoms. The van der Waals surface area contributed by atoms with Gasteiger partial charge in [-0.2, -0.15) is 0 Å². The van der Waals surface area contributed by atoms with E-state index in [2.05, 4.69) is 24.0 Å². The van der Waals surface area contributed by atoms with Crippen LogP contribution < -0.4 is 0 Å². The Bertz CT molecular complexity index is 776. The van der Waals surface area contributed by atoms with Crippen molar-refractivity contribution >= 4 is 45.8 Å². The summed E-state index contributed by atoms with van der Waals surface area (Å²) in [4.78, 5) is 4.52. The zero-order chi connectivity index (χ0) is 14.3. The van der Waals surface area contributed by atoms with Crippen molar-refractivity contribution in [3.63, 3.8) is 0 Å². The number of alkyl halides is 1. The minimum atomic E-state index is 0.317. The maximum absolute atomic E-state index is 6.12. The summed E-state index contributed by atoms with van der Waals surface area (Å²) in [5.41, 5.74) is 3.90. The zero-order valence-electron chi connectivity index (χ0n) is 10.7. The largest absolute Gasteiger partial charge is 0.295 e. The first-order valence-corrected chi connectivity index (χ1v) is 7.38. The van der Waals surface area contributed by atoms with Crippen molar-refractivity contribution in [1.29, 1.82) is 0 Å². The third-order valence-electron chi connectivity index (χ3n) is 3.18. The minimum absolute atomic E-state index is 0.317. The van der Waals surface area contributed by atoms with E-state index in [0.29, 0.717) is 15.9 Å². The van der Waals surface area contributed by atoms with Crippen molar-refractivity contribution in [2.45, 2.75) is 12.8 Å². The van der Waals surface area contributed by atoms with Crippen LogP contribution in [0.4, 0.5) is 0 Å². The van der Waals surface area contributed by atoms with Crippen LogP contribution in [-0.2, 0) is 5.88 Å². The van der Waals surface area contributed by atoms with Crippen LogP contribution in [0.15, 0.2) is 36.4 Å². The molecule has 0 fully saturated rings. The molecule has 3 rings (SSSR count). The highest BCUT2D eigenvalue weighted by Crippen LogP contribution is 2.30. The summed E-state index contributed by atoms with van der Waals surface area (Å²) in [6.07, 6.45) is 0. The Balaban J connectivity index is 2.32. The number of fused-ring (bicyclic) bond motifs is 1. The van der Waals surface area contributed by atoms with Gasteiger partial charge in [-0.05, 0) is 31.2 Å². The first-order valence-electron chi connectivity index (χ1n) is 6.09. The molecule has 0 N–H and O–H groups in total. The van der Waals surface area contributed by atoms with Crippen LogP contribution in [0.1, 0.15) is 11.4 Å². The number of benzene rings is 2. The topological polar surface area (TPSA) is 17.8 Å². The van der Waals surface area contributed by atoms with Crippen molar-refractivity contribution in [2.24, 2.45) is 0 Å². The Labute approximate surface area is 131 Å². The molecule has 20 heavy (non-hydrogen) atoms. The number of aromatic nitrogens is 2. The van der Waals surface area contributed by atoms with E-state index in [1.165, 1.54) is 5.56 Å². The van der Waals surface area contributed by atoms with Crippen molar-refractivity contribution in [3.8, 4) is 5.69 Å². The molecule has 0 atom stereocenters. The van der Waals surface area contributed by atoms with Crippen LogP contribution in [0.2, 0.25) is 10.0 Å². The van der Waals surface area contributed by atoms with Crippen LogP contribution in [0, 0.1) is 6.92 Å². The van der Waals surface area contributed by atoms with Gasteiger partial charge >= 0.3 is 0 Å². The summed E-state index contributed by atoms with van der Waals surface area (Å²) in [6.45, 7) is 2.05. The molecule has 0 amide bonds. The molecule has 0 aliphatic rings. The third-order valence-corrected chi connectivity index (χ3v) is 4.14. The lowest BCUT2D eigenvalue weighted by Gasteiger charge is -2.08. The Hall–Kier alpha value is -1.22. The molecule has 3 aromatic rings. The highest BCUT2D eigenvalue weighted by molar-refractivity contribution is 6.42. The van der Waals surface area contributed by atoms with Crippen molar-refractivity contribution < 1.29 is 0 Å². The minimum Gasteiger partial charge on any atom is -0.295 e. The van der Waals surface area contributed by atoms with Crippen LogP contribution in [0.25, 0.3) is 16.7 Å². The molecule has 2 aromatic carbocycles. The van der Waals surface area contributed by atoms with Crippen molar-refractivity contribution in [1.82, 2.24) is 9.55 Å². The lowest BCUT2D eigenvalue weighted by atomic mass is 10.2. The van der Waals surface area contributed by atoms with E-state index in [1.54, 1.807) is 6.07 Å². The van der Waals surface area contributed by atoms with E-state index in [9.17, 15) is 0 Å². The maximum Gasteiger partial charge on any atom is 0.129 e. The van der Waals surface area contributed by atoms with Crippen LogP contribution in [0.5, 0.6) is 0 Å². The van der Waals surface area contributed by atoms with Gasteiger partial charge < -0.3 is 0 Å². The van der Waals surface area contributed by atoms with Crippen LogP contribution >= 0.6 is 34.8 Å². The zero-order valence-corrected chi connectivity index (χ0v) is 13.0. The average Bonchev–Trinajstić information content (AvgIpc) is 2.78. The average molecular weight is 326 g/mol. The molecule has 1 heterocycles. The number of halogens is 3. The molecule has 0 aliphatic carbocycles. The van der Waals surface area contributed by atoms with Crippen molar-refractivity contribution in [3.05, 3.63) is 57.8 Å². The first-order chi connectivity index (χ1) is 9.60. The lowest BCUT2D eigenvalue weighted by molar-refractivity contribution is 0.981. The third kappa shape index (κ3) is 2.28. The fourth-order valence-corrected chi connectivity index (χ4v) is 2.69. The quantitative estimate of drug-likeness (QED) is 0.578. The normalized spacial score (nSPS) is 11.2. The van der Waals surface area contributed by atoms with Crippen LogP contribution in [0.3, 0.4) is 0 Å². The summed E-state index contributed by atoms with van der Waals surface area (Å²) < 4.78 is 2.00. The van der Waals surface area contributed by atoms with Gasteiger partial charge in [-0.1, -0.05) is 40.9 Å². The Morgan fingerprint density at radius 2 is 1.70 bits per heavy atom. The van der Waals surface area contributed by atoms with Crippen molar-refractivity contribution in [2.75, 3.05) is 0 Å². The van der Waals surface area contributed by atoms with E-state index in [-0.39, 0.29) is 0 Å². The fraction of sp³-hybridized carbons (Fsp3) is 0.133. The second kappa shape index (κ2) is 5.28. The number of nitrogens with zero attached hydrogens (tertiary/aromatic N) is 2. The van der Waals surface area contributed by atoms with E-state index in [4.69, 9.17) is 34.8 Å². The molecule has 0 unspecified atom stereocenters. The molecule has 0 bridgehead atoms. The van der Waals surface area contributed by atoms with Gasteiger partial charge in [-0.3, -0.25) is 4.57 Å². The second-order valence-electron chi connectivity index (χ2n) is 4.59. The highest BCUT2D eigenvalue weighted by Gasteiger charge is 2.13. The van der Waals surface area contributed by atoms with Gasteiger partial charge in [0, 0.05) is 5.69 Å². The van der Waals surface area contributed by atoms with Gasteiger partial charge in [-0.15, -0.1) is 11.6 Å². The van der Waals surface area contributed by atoms with Gasteiger partial charge in [0.2, 0.25) is 0 Å². The van der Waals surface area contributed by atoms with Gasteiger partial charge in [0.1, 0.15) is 5.82 Å². The lowest BCUT2D eigenvalue weighted by Crippen LogP contribution is -1.99. The Morgan fingerprint density at radius 1 is 1.05 bits per heavy atom. The standard InChI is InChI=1S/C15H11Cl3N2/c1-9-2-4-10(5-3-9)20-14-7-12(18)11(17)6-13(14)19-15(20)8-16/h2-7H,8H2,1H3. The SMILES string of the molecule is Cc1ccc(-n2c(CCl)nc3cc(Cl)c(Cl)cc32)cc1. The predicted molar refractivity (Wildman–Crippen MR) is 85.4 cm³/mol. The van der Waals surface area contributed by atoms with E-state index >= 15 is 0 Å². The van der Waals surface area contributed by atoms with E-state index in [1.807, 2.05) is 22.8 Å². The molecule has 0 radical (unpaired) electrons. The molecule has 102 valence electrons. The fourth-order valence-electron chi connectivity index (χ4n) is 2.19. The maximum atomic E-state index is 6.12. The summed E-state index contributed by atoms with van der Waals surface area (Å²) >= 11 is 18.2. The number of aryl methyl sites for hydroxylation is 1. The van der Waals surface area contributed by atoms with Gasteiger partial charge in [0.25, 0.3) is 0 Å². The molecule has 5 heteroatoms. The number of hydrogen-bond acceptors (Lipinski definition) is 1. The molecule has 0 saturated heterocycles. The molecule has 0 saturated carbocycles. The predicted octanol–water partition coefficient (Wildman–Crippen LogP) is 5.38. The molecule has 1 aromatic heterocycles. The highest BCUT2D eigenvalue weighted by atomic mass is 35.5. The Morgan fingerprint density at radius 3 is 2.35 bits per heavy atom. The number of hydrogen-bond donors (Lipinski definition) is 0. The molecular formula is C15H11Cl3N2. The monoisotopic (exact) mass is 324 g/mol.